The van der Waals surface area contributed by atoms with Gasteiger partial charge in [0.2, 0.25) is 11.8 Å². The SMILES string of the molecule is CNC(=O)CNC(=O)CC1(CC(=O)O)CCCCC1. The zero-order chi connectivity index (χ0) is 14.3. The van der Waals surface area contributed by atoms with Crippen LogP contribution in [0.4, 0.5) is 0 Å². The average Bonchev–Trinajstić information content (AvgIpc) is 2.35. The number of carboxylic acid groups (broad SMARTS) is 1. The maximum atomic E-state index is 11.8. The quantitative estimate of drug-likeness (QED) is 0.661. The Bertz CT molecular complexity index is 349. The van der Waals surface area contributed by atoms with Crippen molar-refractivity contribution < 1.29 is 19.5 Å². The van der Waals surface area contributed by atoms with Crippen LogP contribution in [0.15, 0.2) is 0 Å². The molecule has 0 bridgehead atoms. The summed E-state index contributed by atoms with van der Waals surface area (Å²) >= 11 is 0. The summed E-state index contributed by atoms with van der Waals surface area (Å²) in [4.78, 5) is 33.9. The van der Waals surface area contributed by atoms with E-state index in [4.69, 9.17) is 5.11 Å². The average molecular weight is 270 g/mol. The number of aliphatic carboxylic acids is 1. The molecule has 19 heavy (non-hydrogen) atoms. The van der Waals surface area contributed by atoms with Gasteiger partial charge in [-0.25, -0.2) is 0 Å². The highest BCUT2D eigenvalue weighted by atomic mass is 16.4. The van der Waals surface area contributed by atoms with E-state index < -0.39 is 11.4 Å². The van der Waals surface area contributed by atoms with Crippen LogP contribution in [0.3, 0.4) is 0 Å². The molecule has 0 spiro atoms. The van der Waals surface area contributed by atoms with E-state index in [2.05, 4.69) is 10.6 Å². The fourth-order valence-electron chi connectivity index (χ4n) is 2.71. The summed E-state index contributed by atoms with van der Waals surface area (Å²) in [6.07, 6.45) is 4.79. The number of amides is 2. The minimum Gasteiger partial charge on any atom is -0.481 e. The number of carboxylic acids is 1. The van der Waals surface area contributed by atoms with Crippen LogP contribution in [0.1, 0.15) is 44.9 Å². The highest BCUT2D eigenvalue weighted by Crippen LogP contribution is 2.42. The van der Waals surface area contributed by atoms with Crippen molar-refractivity contribution in [2.24, 2.45) is 5.41 Å². The molecule has 0 aliphatic heterocycles. The van der Waals surface area contributed by atoms with Crippen LogP contribution < -0.4 is 10.6 Å². The Morgan fingerprint density at radius 2 is 1.68 bits per heavy atom. The third kappa shape index (κ3) is 5.28. The van der Waals surface area contributed by atoms with Gasteiger partial charge in [-0.05, 0) is 18.3 Å². The molecular formula is C13H22N2O4. The Morgan fingerprint density at radius 1 is 1.05 bits per heavy atom. The first kappa shape index (κ1) is 15.5. The first-order valence-corrected chi connectivity index (χ1v) is 6.66. The zero-order valence-corrected chi connectivity index (χ0v) is 11.3. The van der Waals surface area contributed by atoms with Crippen molar-refractivity contribution in [2.45, 2.75) is 44.9 Å². The van der Waals surface area contributed by atoms with Gasteiger partial charge in [0.15, 0.2) is 0 Å². The molecule has 0 heterocycles. The van der Waals surface area contributed by atoms with E-state index in [-0.39, 0.29) is 31.2 Å². The van der Waals surface area contributed by atoms with Crippen LogP contribution in [0, 0.1) is 5.41 Å². The second-order valence-corrected chi connectivity index (χ2v) is 5.26. The first-order valence-electron chi connectivity index (χ1n) is 6.66. The maximum Gasteiger partial charge on any atom is 0.303 e. The summed E-state index contributed by atoms with van der Waals surface area (Å²) in [7, 11) is 1.50. The molecule has 3 N–H and O–H groups in total. The van der Waals surface area contributed by atoms with Crippen LogP contribution in [-0.4, -0.2) is 36.5 Å². The van der Waals surface area contributed by atoms with E-state index in [1.807, 2.05) is 0 Å². The largest absolute Gasteiger partial charge is 0.481 e. The van der Waals surface area contributed by atoms with Gasteiger partial charge in [0, 0.05) is 13.5 Å². The molecule has 0 unspecified atom stereocenters. The van der Waals surface area contributed by atoms with E-state index in [0.717, 1.165) is 32.1 Å². The number of likely N-dealkylation sites (N-methyl/N-ethyl adjacent to an activating group) is 1. The topological polar surface area (TPSA) is 95.5 Å². The van der Waals surface area contributed by atoms with Gasteiger partial charge in [0.25, 0.3) is 0 Å². The third-order valence-electron chi connectivity index (χ3n) is 3.70. The molecule has 1 aliphatic rings. The molecule has 1 rings (SSSR count). The Labute approximate surface area is 112 Å². The van der Waals surface area contributed by atoms with Gasteiger partial charge in [0.05, 0.1) is 13.0 Å². The Morgan fingerprint density at radius 3 is 2.21 bits per heavy atom. The van der Waals surface area contributed by atoms with E-state index in [0.29, 0.717) is 0 Å². The molecule has 1 aliphatic carbocycles. The van der Waals surface area contributed by atoms with E-state index in [1.165, 1.54) is 7.05 Å². The molecule has 6 heteroatoms. The van der Waals surface area contributed by atoms with Gasteiger partial charge in [-0.15, -0.1) is 0 Å². The lowest BCUT2D eigenvalue weighted by Crippen LogP contribution is -2.39. The Balaban J connectivity index is 2.54. The van der Waals surface area contributed by atoms with Gasteiger partial charge in [-0.2, -0.15) is 0 Å². The maximum absolute atomic E-state index is 11.8. The van der Waals surface area contributed by atoms with Crippen molar-refractivity contribution in [3.05, 3.63) is 0 Å². The monoisotopic (exact) mass is 270 g/mol. The van der Waals surface area contributed by atoms with Gasteiger partial charge in [-0.3, -0.25) is 14.4 Å². The van der Waals surface area contributed by atoms with Crippen molar-refractivity contribution in [1.29, 1.82) is 0 Å². The number of rotatable bonds is 6. The molecule has 1 saturated carbocycles. The Hall–Kier alpha value is -1.59. The van der Waals surface area contributed by atoms with Crippen molar-refractivity contribution in [1.82, 2.24) is 10.6 Å². The number of hydrogen-bond acceptors (Lipinski definition) is 3. The normalized spacial score (nSPS) is 17.5. The highest BCUT2D eigenvalue weighted by molar-refractivity contribution is 5.85. The molecule has 1 fully saturated rings. The van der Waals surface area contributed by atoms with Crippen LogP contribution in [0.2, 0.25) is 0 Å². The lowest BCUT2D eigenvalue weighted by atomic mass is 9.69. The van der Waals surface area contributed by atoms with E-state index >= 15 is 0 Å². The summed E-state index contributed by atoms with van der Waals surface area (Å²) in [6, 6.07) is 0. The number of hydrogen-bond donors (Lipinski definition) is 3. The molecule has 6 nitrogen and oxygen atoms in total. The highest BCUT2D eigenvalue weighted by Gasteiger charge is 2.36. The lowest BCUT2D eigenvalue weighted by molar-refractivity contribution is -0.141. The summed E-state index contributed by atoms with van der Waals surface area (Å²) in [5, 5.41) is 14.0. The summed E-state index contributed by atoms with van der Waals surface area (Å²) in [5.41, 5.74) is -0.434. The molecule has 108 valence electrons. The predicted octanol–water partition coefficient (Wildman–Crippen LogP) is 0.664. The number of nitrogens with one attached hydrogen (secondary N) is 2. The second kappa shape index (κ2) is 7.11. The summed E-state index contributed by atoms with van der Waals surface area (Å²) in [6.45, 7) is -0.0571. The standard InChI is InChI=1S/C13H22N2O4/c1-14-11(17)9-15-10(16)7-13(8-12(18)19)5-3-2-4-6-13/h2-9H2,1H3,(H,14,17)(H,15,16)(H,18,19). The summed E-state index contributed by atoms with van der Waals surface area (Å²) < 4.78 is 0. The lowest BCUT2D eigenvalue weighted by Gasteiger charge is -2.35. The van der Waals surface area contributed by atoms with Gasteiger partial charge in [-0.1, -0.05) is 19.3 Å². The van der Waals surface area contributed by atoms with Crippen molar-refractivity contribution in [3.8, 4) is 0 Å². The van der Waals surface area contributed by atoms with Gasteiger partial charge in [0.1, 0.15) is 0 Å². The van der Waals surface area contributed by atoms with Crippen LogP contribution in [0.25, 0.3) is 0 Å². The first-order chi connectivity index (χ1) is 8.97. The molecular weight excluding hydrogens is 248 g/mol. The molecule has 0 radical (unpaired) electrons. The zero-order valence-electron chi connectivity index (χ0n) is 11.3. The smallest absolute Gasteiger partial charge is 0.303 e. The number of carbonyl (C=O) groups excluding carboxylic acids is 2. The minimum absolute atomic E-state index is 0.0282. The van der Waals surface area contributed by atoms with Crippen LogP contribution in [-0.2, 0) is 14.4 Å². The molecule has 0 saturated heterocycles. The van der Waals surface area contributed by atoms with E-state index in [1.54, 1.807) is 0 Å². The molecule has 0 aromatic heterocycles. The second-order valence-electron chi connectivity index (χ2n) is 5.26. The molecule has 0 aromatic carbocycles. The van der Waals surface area contributed by atoms with Gasteiger partial charge >= 0.3 is 5.97 Å². The van der Waals surface area contributed by atoms with Crippen molar-refractivity contribution in [3.63, 3.8) is 0 Å². The van der Waals surface area contributed by atoms with E-state index in [9.17, 15) is 14.4 Å². The fraction of sp³-hybridized carbons (Fsp3) is 0.769. The molecule has 2 amide bonds. The number of carbonyl (C=O) groups is 3. The Kier molecular flexibility index (Phi) is 5.79. The van der Waals surface area contributed by atoms with Crippen LogP contribution >= 0.6 is 0 Å². The van der Waals surface area contributed by atoms with Crippen LogP contribution in [0.5, 0.6) is 0 Å². The minimum atomic E-state index is -0.860. The molecule has 0 atom stereocenters. The summed E-state index contributed by atoms with van der Waals surface area (Å²) in [5.74, 6) is -1.36. The molecule has 0 aromatic rings. The van der Waals surface area contributed by atoms with Gasteiger partial charge < -0.3 is 15.7 Å². The predicted molar refractivity (Wildman–Crippen MR) is 69.5 cm³/mol. The fourth-order valence-corrected chi connectivity index (χ4v) is 2.71. The van der Waals surface area contributed by atoms with Crippen molar-refractivity contribution in [2.75, 3.05) is 13.6 Å². The third-order valence-corrected chi connectivity index (χ3v) is 3.70. The van der Waals surface area contributed by atoms with Crippen molar-refractivity contribution >= 4 is 17.8 Å².